The van der Waals surface area contributed by atoms with E-state index < -0.39 is 6.09 Å². The molecule has 146 valence electrons. The molecule has 0 spiro atoms. The number of pyridine rings is 1. The number of hydrogen-bond donors (Lipinski definition) is 2. The van der Waals surface area contributed by atoms with Crippen molar-refractivity contribution in [1.29, 1.82) is 0 Å². The molecule has 0 unspecified atom stereocenters. The van der Waals surface area contributed by atoms with Crippen LogP contribution >= 0.6 is 22.6 Å². The van der Waals surface area contributed by atoms with Gasteiger partial charge in [0.15, 0.2) is 5.65 Å². The predicted octanol–water partition coefficient (Wildman–Crippen LogP) is 2.14. The number of methoxy groups -OCH3 is 1. The van der Waals surface area contributed by atoms with Crippen molar-refractivity contribution in [2.24, 2.45) is 0 Å². The molecule has 0 atom stereocenters. The highest BCUT2D eigenvalue weighted by atomic mass is 127. The predicted molar refractivity (Wildman–Crippen MR) is 111 cm³/mol. The number of aryl methyl sites for hydroxylation is 1. The number of imidazole rings is 1. The van der Waals surface area contributed by atoms with Gasteiger partial charge in [-0.2, -0.15) is 4.98 Å². The maximum absolute atomic E-state index is 11.1. The molecule has 1 aliphatic rings. The Kier molecular flexibility index (Phi) is 4.91. The number of carboxylic acid groups (broad SMARTS) is 1. The molecule has 10 nitrogen and oxygen atoms in total. The zero-order chi connectivity index (χ0) is 19.8. The van der Waals surface area contributed by atoms with Crippen molar-refractivity contribution in [3.63, 3.8) is 0 Å². The van der Waals surface area contributed by atoms with E-state index in [4.69, 9.17) is 9.84 Å². The van der Waals surface area contributed by atoms with E-state index in [0.717, 1.165) is 20.3 Å². The summed E-state index contributed by atoms with van der Waals surface area (Å²) in [7, 11) is 1.57. The second-order valence-corrected chi connectivity index (χ2v) is 7.49. The van der Waals surface area contributed by atoms with Gasteiger partial charge in [0, 0.05) is 35.9 Å². The Balaban J connectivity index is 1.70. The summed E-state index contributed by atoms with van der Waals surface area (Å²) in [6.45, 7) is 3.83. The van der Waals surface area contributed by atoms with E-state index in [2.05, 4.69) is 47.5 Å². The quantitative estimate of drug-likeness (QED) is 0.531. The van der Waals surface area contributed by atoms with Gasteiger partial charge in [-0.05, 0) is 35.6 Å². The highest BCUT2D eigenvalue weighted by Crippen LogP contribution is 2.32. The Morgan fingerprint density at radius 1 is 1.25 bits per heavy atom. The number of nitrogens with one attached hydrogen (secondary N) is 1. The summed E-state index contributed by atoms with van der Waals surface area (Å²) in [6, 6.07) is 1.89. The summed E-state index contributed by atoms with van der Waals surface area (Å²) >= 11 is 2.22. The number of hydrogen-bond acceptors (Lipinski definition) is 7. The van der Waals surface area contributed by atoms with E-state index in [1.165, 1.54) is 4.90 Å². The van der Waals surface area contributed by atoms with Crippen LogP contribution in [-0.4, -0.2) is 74.3 Å². The number of anilines is 1. The molecule has 0 radical (unpaired) electrons. The van der Waals surface area contributed by atoms with Crippen molar-refractivity contribution in [2.45, 2.75) is 6.92 Å². The summed E-state index contributed by atoms with van der Waals surface area (Å²) in [5.74, 6) is 1.66. The summed E-state index contributed by atoms with van der Waals surface area (Å²) in [5, 5.41) is 9.10. The molecule has 2 N–H and O–H groups in total. The lowest BCUT2D eigenvalue weighted by Gasteiger charge is -2.33. The van der Waals surface area contributed by atoms with Gasteiger partial charge in [0.2, 0.25) is 11.8 Å². The van der Waals surface area contributed by atoms with E-state index in [0.29, 0.717) is 49.5 Å². The lowest BCUT2D eigenvalue weighted by molar-refractivity contribution is 0.142. The number of ether oxygens (including phenoxy) is 1. The van der Waals surface area contributed by atoms with Crippen LogP contribution in [0.15, 0.2) is 12.3 Å². The molecule has 1 fully saturated rings. The second kappa shape index (κ2) is 7.37. The summed E-state index contributed by atoms with van der Waals surface area (Å²) < 4.78 is 6.34. The zero-order valence-electron chi connectivity index (χ0n) is 15.3. The number of aromatic nitrogens is 5. The average molecular weight is 495 g/mol. The van der Waals surface area contributed by atoms with Crippen LogP contribution in [0.2, 0.25) is 0 Å². The molecule has 4 heterocycles. The van der Waals surface area contributed by atoms with E-state index in [-0.39, 0.29) is 0 Å². The smallest absolute Gasteiger partial charge is 0.407 e. The molecule has 0 aliphatic carbocycles. The van der Waals surface area contributed by atoms with Gasteiger partial charge in [-0.3, -0.25) is 0 Å². The van der Waals surface area contributed by atoms with Crippen molar-refractivity contribution in [1.82, 2.24) is 29.8 Å². The highest BCUT2D eigenvalue weighted by molar-refractivity contribution is 14.1. The Morgan fingerprint density at radius 3 is 2.68 bits per heavy atom. The SMILES string of the molecule is COc1nccc(I)c1-c1nc2nc(N3CCN(C(=O)O)CC3)nc(C)c2[nH]1. The highest BCUT2D eigenvalue weighted by Gasteiger charge is 2.24. The maximum Gasteiger partial charge on any atom is 0.407 e. The monoisotopic (exact) mass is 495 g/mol. The van der Waals surface area contributed by atoms with Crippen LogP contribution in [0.3, 0.4) is 0 Å². The third kappa shape index (κ3) is 3.30. The standard InChI is InChI=1S/C17H18IN7O3/c1-9-12-14(22-13(21-12)11-10(18)3-4-19-15(11)28-2)23-16(20-9)24-5-7-25(8-6-24)17(26)27/h3-4H,5-8H2,1-2H3,(H,26,27)(H,20,21,22,23). The van der Waals surface area contributed by atoms with Gasteiger partial charge in [-0.1, -0.05) is 0 Å². The molecule has 4 rings (SSSR count). The first-order valence-corrected chi connectivity index (χ1v) is 9.72. The molecule has 1 saturated heterocycles. The molecule has 3 aromatic heterocycles. The van der Waals surface area contributed by atoms with E-state index in [1.54, 1.807) is 13.3 Å². The maximum atomic E-state index is 11.1. The molecule has 0 aromatic carbocycles. The molecular formula is C17H18IN7O3. The number of H-pyrrole nitrogens is 1. The first-order chi connectivity index (χ1) is 13.5. The first-order valence-electron chi connectivity index (χ1n) is 8.64. The van der Waals surface area contributed by atoms with Gasteiger partial charge in [0.25, 0.3) is 0 Å². The summed E-state index contributed by atoms with van der Waals surface area (Å²) in [5.41, 5.74) is 2.86. The molecule has 0 bridgehead atoms. The van der Waals surface area contributed by atoms with Crippen molar-refractivity contribution in [2.75, 3.05) is 38.2 Å². The fourth-order valence-electron chi connectivity index (χ4n) is 3.17. The number of fused-ring (bicyclic) bond motifs is 1. The minimum absolute atomic E-state index is 0.423. The number of rotatable bonds is 3. The Bertz CT molecular complexity index is 1050. The molecule has 3 aromatic rings. The Hall–Kier alpha value is -2.70. The van der Waals surface area contributed by atoms with Crippen molar-refractivity contribution in [3.8, 4) is 17.3 Å². The van der Waals surface area contributed by atoms with Crippen LogP contribution in [0.1, 0.15) is 5.69 Å². The number of nitrogens with zero attached hydrogens (tertiary/aromatic N) is 6. The lowest BCUT2D eigenvalue weighted by Crippen LogP contribution is -2.48. The van der Waals surface area contributed by atoms with Gasteiger partial charge in [0.05, 0.1) is 18.4 Å². The molecular weight excluding hydrogens is 477 g/mol. The summed E-state index contributed by atoms with van der Waals surface area (Å²) in [4.78, 5) is 35.9. The van der Waals surface area contributed by atoms with Gasteiger partial charge in [-0.15, -0.1) is 0 Å². The molecule has 11 heteroatoms. The van der Waals surface area contributed by atoms with Crippen LogP contribution in [0.25, 0.3) is 22.6 Å². The van der Waals surface area contributed by atoms with Crippen molar-refractivity contribution < 1.29 is 14.6 Å². The fourth-order valence-corrected chi connectivity index (χ4v) is 3.82. The Labute approximate surface area is 174 Å². The van der Waals surface area contributed by atoms with Gasteiger partial charge in [-0.25, -0.2) is 19.7 Å². The van der Waals surface area contributed by atoms with Crippen LogP contribution in [-0.2, 0) is 0 Å². The van der Waals surface area contributed by atoms with Crippen LogP contribution < -0.4 is 9.64 Å². The van der Waals surface area contributed by atoms with Crippen molar-refractivity contribution in [3.05, 3.63) is 21.5 Å². The number of halogens is 1. The van der Waals surface area contributed by atoms with Gasteiger partial charge >= 0.3 is 6.09 Å². The van der Waals surface area contributed by atoms with E-state index >= 15 is 0 Å². The zero-order valence-corrected chi connectivity index (χ0v) is 17.5. The lowest BCUT2D eigenvalue weighted by atomic mass is 10.2. The minimum Gasteiger partial charge on any atom is -0.480 e. The van der Waals surface area contributed by atoms with Crippen molar-refractivity contribution >= 4 is 45.8 Å². The largest absolute Gasteiger partial charge is 0.480 e. The van der Waals surface area contributed by atoms with Gasteiger partial charge in [0.1, 0.15) is 11.3 Å². The third-order valence-electron chi connectivity index (χ3n) is 4.65. The van der Waals surface area contributed by atoms with Crippen LogP contribution in [0, 0.1) is 10.5 Å². The average Bonchev–Trinajstić information content (AvgIpc) is 3.12. The molecule has 0 saturated carbocycles. The normalized spacial score (nSPS) is 14.5. The molecule has 28 heavy (non-hydrogen) atoms. The molecule has 1 aliphatic heterocycles. The van der Waals surface area contributed by atoms with Gasteiger partial charge < -0.3 is 24.6 Å². The Morgan fingerprint density at radius 2 is 2.00 bits per heavy atom. The van der Waals surface area contributed by atoms with E-state index in [1.807, 2.05) is 17.9 Å². The fraction of sp³-hybridized carbons (Fsp3) is 0.353. The first kappa shape index (κ1) is 18.7. The number of carbonyl (C=O) groups is 1. The summed E-state index contributed by atoms with van der Waals surface area (Å²) in [6.07, 6.45) is 0.788. The van der Waals surface area contributed by atoms with Crippen LogP contribution in [0.4, 0.5) is 10.7 Å². The number of amides is 1. The van der Waals surface area contributed by atoms with E-state index in [9.17, 15) is 4.79 Å². The topological polar surface area (TPSA) is 120 Å². The van der Waals surface area contributed by atoms with Crippen LogP contribution in [0.5, 0.6) is 5.88 Å². The minimum atomic E-state index is -0.899. The number of aromatic amines is 1. The third-order valence-corrected chi connectivity index (χ3v) is 5.55. The molecule has 1 amide bonds. The number of piperazine rings is 1. The second-order valence-electron chi connectivity index (χ2n) is 6.33.